The van der Waals surface area contributed by atoms with Crippen molar-refractivity contribution in [2.45, 2.75) is 12.5 Å². The Hall–Kier alpha value is -2.76. The fraction of sp³-hybridized carbons (Fsp3) is 0.143. The van der Waals surface area contributed by atoms with Gasteiger partial charge in [-0.2, -0.15) is 0 Å². The first-order valence-electron chi connectivity index (χ1n) is 6.18. The first-order valence-corrected chi connectivity index (χ1v) is 6.18. The molecule has 0 saturated carbocycles. The maximum absolute atomic E-state index is 12.0. The standard InChI is InChI=1S/C14H12N4O2/c19-14(17-13-3-1-2-6-16-13)12-9-11(18-20-12)10-4-7-15-8-5-10/h1-8,12H,9H2,(H,16,17,19)/t12-/m0/s1. The van der Waals surface area contributed by atoms with Crippen molar-refractivity contribution in [3.05, 3.63) is 54.5 Å². The molecular formula is C14H12N4O2. The van der Waals surface area contributed by atoms with Gasteiger partial charge >= 0.3 is 0 Å². The van der Waals surface area contributed by atoms with Crippen molar-refractivity contribution < 1.29 is 9.63 Å². The van der Waals surface area contributed by atoms with E-state index in [1.165, 1.54) is 0 Å². The molecule has 20 heavy (non-hydrogen) atoms. The zero-order valence-electron chi connectivity index (χ0n) is 10.6. The molecule has 1 N–H and O–H groups in total. The van der Waals surface area contributed by atoms with Crippen LogP contribution in [0, 0.1) is 0 Å². The van der Waals surface area contributed by atoms with Crippen molar-refractivity contribution in [2.24, 2.45) is 5.16 Å². The zero-order valence-corrected chi connectivity index (χ0v) is 10.6. The number of amides is 1. The van der Waals surface area contributed by atoms with Gasteiger partial charge in [0.15, 0.2) is 0 Å². The highest BCUT2D eigenvalue weighted by Gasteiger charge is 2.29. The first kappa shape index (κ1) is 12.3. The van der Waals surface area contributed by atoms with E-state index in [1.807, 2.05) is 12.1 Å². The number of rotatable bonds is 3. The number of nitrogens with zero attached hydrogens (tertiary/aromatic N) is 3. The van der Waals surface area contributed by atoms with Gasteiger partial charge < -0.3 is 10.2 Å². The SMILES string of the molecule is O=C(Nc1ccccn1)[C@@H]1CC(c2ccncc2)=NO1. The molecule has 6 nitrogen and oxygen atoms in total. The molecule has 3 rings (SSSR count). The van der Waals surface area contributed by atoms with Gasteiger partial charge in [-0.1, -0.05) is 11.2 Å². The van der Waals surface area contributed by atoms with Gasteiger partial charge in [-0.15, -0.1) is 0 Å². The number of carbonyl (C=O) groups excluding carboxylic acids is 1. The Morgan fingerprint density at radius 2 is 2.05 bits per heavy atom. The molecule has 1 amide bonds. The van der Waals surface area contributed by atoms with Crippen molar-refractivity contribution in [3.8, 4) is 0 Å². The van der Waals surface area contributed by atoms with Gasteiger partial charge in [0.25, 0.3) is 5.91 Å². The number of hydrogen-bond acceptors (Lipinski definition) is 5. The third-order valence-corrected chi connectivity index (χ3v) is 2.89. The summed E-state index contributed by atoms with van der Waals surface area (Å²) in [6, 6.07) is 8.98. The van der Waals surface area contributed by atoms with Crippen LogP contribution in [0.4, 0.5) is 5.82 Å². The molecule has 1 aliphatic rings. The molecule has 0 unspecified atom stereocenters. The predicted octanol–water partition coefficient (Wildman–Crippen LogP) is 1.61. The number of hydrogen-bond donors (Lipinski definition) is 1. The molecule has 1 atom stereocenters. The minimum absolute atomic E-state index is 0.253. The average molecular weight is 268 g/mol. The fourth-order valence-electron chi connectivity index (χ4n) is 1.88. The van der Waals surface area contributed by atoms with Gasteiger partial charge in [0.05, 0.1) is 5.71 Å². The minimum atomic E-state index is -0.625. The lowest BCUT2D eigenvalue weighted by Crippen LogP contribution is -2.28. The highest BCUT2D eigenvalue weighted by atomic mass is 16.6. The molecule has 3 heterocycles. The number of anilines is 1. The highest BCUT2D eigenvalue weighted by Crippen LogP contribution is 2.17. The maximum Gasteiger partial charge on any atom is 0.269 e. The van der Waals surface area contributed by atoms with E-state index < -0.39 is 6.10 Å². The molecule has 6 heteroatoms. The molecule has 2 aromatic heterocycles. The monoisotopic (exact) mass is 268 g/mol. The van der Waals surface area contributed by atoms with E-state index in [2.05, 4.69) is 20.4 Å². The second-order valence-corrected chi connectivity index (χ2v) is 4.28. The molecular weight excluding hydrogens is 256 g/mol. The van der Waals surface area contributed by atoms with E-state index in [0.29, 0.717) is 12.2 Å². The maximum atomic E-state index is 12.0. The quantitative estimate of drug-likeness (QED) is 0.917. The number of carbonyl (C=O) groups is 1. The fourth-order valence-corrected chi connectivity index (χ4v) is 1.88. The molecule has 0 radical (unpaired) electrons. The van der Waals surface area contributed by atoms with Crippen LogP contribution in [0.3, 0.4) is 0 Å². The average Bonchev–Trinajstić information content (AvgIpc) is 2.99. The second kappa shape index (κ2) is 5.48. The van der Waals surface area contributed by atoms with Gasteiger partial charge in [-0.25, -0.2) is 4.98 Å². The van der Waals surface area contributed by atoms with Crippen molar-refractivity contribution in [3.63, 3.8) is 0 Å². The smallest absolute Gasteiger partial charge is 0.269 e. The molecule has 2 aromatic rings. The largest absolute Gasteiger partial charge is 0.382 e. The van der Waals surface area contributed by atoms with Crippen LogP contribution in [0.25, 0.3) is 0 Å². The zero-order chi connectivity index (χ0) is 13.8. The summed E-state index contributed by atoms with van der Waals surface area (Å²) in [5, 5.41) is 6.65. The van der Waals surface area contributed by atoms with Crippen LogP contribution in [-0.4, -0.2) is 27.7 Å². The van der Waals surface area contributed by atoms with Crippen molar-refractivity contribution in [1.82, 2.24) is 9.97 Å². The summed E-state index contributed by atoms with van der Waals surface area (Å²) in [5.74, 6) is 0.245. The van der Waals surface area contributed by atoms with Crippen LogP contribution in [0.2, 0.25) is 0 Å². The van der Waals surface area contributed by atoms with Crippen LogP contribution >= 0.6 is 0 Å². The van der Waals surface area contributed by atoms with Crippen molar-refractivity contribution in [1.29, 1.82) is 0 Å². The van der Waals surface area contributed by atoms with Crippen molar-refractivity contribution >= 4 is 17.4 Å². The third-order valence-electron chi connectivity index (χ3n) is 2.89. The molecule has 0 bridgehead atoms. The normalized spacial score (nSPS) is 17.2. The minimum Gasteiger partial charge on any atom is -0.382 e. The Balaban J connectivity index is 1.63. The Bertz CT molecular complexity index is 628. The van der Waals surface area contributed by atoms with E-state index in [-0.39, 0.29) is 5.91 Å². The Kier molecular flexibility index (Phi) is 3.36. The van der Waals surface area contributed by atoms with Crippen LogP contribution in [0.1, 0.15) is 12.0 Å². The highest BCUT2D eigenvalue weighted by molar-refractivity contribution is 6.05. The van der Waals surface area contributed by atoms with Gasteiger partial charge in [-0.05, 0) is 24.3 Å². The molecule has 0 fully saturated rings. The van der Waals surface area contributed by atoms with E-state index in [1.54, 1.807) is 36.8 Å². The summed E-state index contributed by atoms with van der Waals surface area (Å²) in [6.07, 6.45) is 4.78. The second-order valence-electron chi connectivity index (χ2n) is 4.28. The summed E-state index contributed by atoms with van der Waals surface area (Å²) in [4.78, 5) is 25.2. The Morgan fingerprint density at radius 1 is 1.20 bits per heavy atom. The van der Waals surface area contributed by atoms with Crippen LogP contribution in [0.15, 0.2) is 54.1 Å². The van der Waals surface area contributed by atoms with E-state index in [4.69, 9.17) is 4.84 Å². The molecule has 0 saturated heterocycles. The van der Waals surface area contributed by atoms with Crippen LogP contribution in [-0.2, 0) is 9.63 Å². The molecule has 1 aliphatic heterocycles. The van der Waals surface area contributed by atoms with Gasteiger partial charge in [-0.3, -0.25) is 9.78 Å². The summed E-state index contributed by atoms with van der Waals surface area (Å²) < 4.78 is 0. The Labute approximate surface area is 115 Å². The lowest BCUT2D eigenvalue weighted by Gasteiger charge is -2.08. The van der Waals surface area contributed by atoms with Crippen LogP contribution in [0.5, 0.6) is 0 Å². The van der Waals surface area contributed by atoms with Crippen LogP contribution < -0.4 is 5.32 Å². The number of oxime groups is 1. The van der Waals surface area contributed by atoms with Gasteiger partial charge in [0, 0.05) is 30.6 Å². The lowest BCUT2D eigenvalue weighted by molar-refractivity contribution is -0.125. The molecule has 0 aromatic carbocycles. The van der Waals surface area contributed by atoms with Gasteiger partial charge in [0.2, 0.25) is 6.10 Å². The molecule has 0 spiro atoms. The van der Waals surface area contributed by atoms with Crippen molar-refractivity contribution in [2.75, 3.05) is 5.32 Å². The summed E-state index contributed by atoms with van der Waals surface area (Å²) in [5.41, 5.74) is 1.65. The first-order chi connectivity index (χ1) is 9.83. The molecule has 0 aliphatic carbocycles. The predicted molar refractivity (Wildman–Crippen MR) is 73.1 cm³/mol. The Morgan fingerprint density at radius 3 is 2.80 bits per heavy atom. The summed E-state index contributed by atoms with van der Waals surface area (Å²) in [7, 11) is 0. The summed E-state index contributed by atoms with van der Waals surface area (Å²) in [6.45, 7) is 0. The number of aromatic nitrogens is 2. The molecule has 100 valence electrons. The van der Waals surface area contributed by atoms with E-state index in [9.17, 15) is 4.79 Å². The number of nitrogens with one attached hydrogen (secondary N) is 1. The van der Waals surface area contributed by atoms with E-state index in [0.717, 1.165) is 11.3 Å². The summed E-state index contributed by atoms with van der Waals surface area (Å²) >= 11 is 0. The topological polar surface area (TPSA) is 76.5 Å². The lowest BCUT2D eigenvalue weighted by atomic mass is 10.1. The van der Waals surface area contributed by atoms with E-state index >= 15 is 0 Å². The van der Waals surface area contributed by atoms with Gasteiger partial charge in [0.1, 0.15) is 5.82 Å². The number of pyridine rings is 2. The third kappa shape index (κ3) is 2.64.